The Bertz CT molecular complexity index is 1050. The second kappa shape index (κ2) is 9.17. The number of hydrogen-bond acceptors (Lipinski definition) is 6. The van der Waals surface area contributed by atoms with Crippen LogP contribution in [0.2, 0.25) is 0 Å². The molecule has 0 unspecified atom stereocenters. The van der Waals surface area contributed by atoms with E-state index in [-0.39, 0.29) is 24.7 Å². The first kappa shape index (κ1) is 21.0. The van der Waals surface area contributed by atoms with Gasteiger partial charge in [0.15, 0.2) is 0 Å². The highest BCUT2D eigenvalue weighted by Crippen LogP contribution is 2.22. The van der Waals surface area contributed by atoms with E-state index in [2.05, 4.69) is 5.10 Å². The minimum absolute atomic E-state index is 0.0121. The monoisotopic (exact) mass is 413 g/mol. The Morgan fingerprint density at radius 1 is 1.10 bits per heavy atom. The molecule has 2 aromatic carbocycles. The molecule has 3 rings (SSSR count). The zero-order valence-electron chi connectivity index (χ0n) is 16.5. The fourth-order valence-electron chi connectivity index (χ4n) is 2.93. The van der Waals surface area contributed by atoms with Crippen molar-refractivity contribution in [1.82, 2.24) is 9.78 Å². The number of carbonyl (C=O) groups is 1. The lowest BCUT2D eigenvalue weighted by molar-refractivity contribution is -0.386. The molecule has 0 N–H and O–H groups in total. The molecular weight excluding hydrogens is 393 g/mol. The van der Waals surface area contributed by atoms with Gasteiger partial charge in [-0.25, -0.2) is 9.18 Å². The smallest absolute Gasteiger partial charge is 0.338 e. The molecule has 0 spiro atoms. The third-order valence-corrected chi connectivity index (χ3v) is 4.45. The normalized spacial score (nSPS) is 10.6. The molecule has 0 fully saturated rings. The van der Waals surface area contributed by atoms with E-state index in [9.17, 15) is 19.3 Å². The number of rotatable bonds is 8. The predicted molar refractivity (Wildman–Crippen MR) is 106 cm³/mol. The fourth-order valence-corrected chi connectivity index (χ4v) is 2.93. The maximum absolute atomic E-state index is 12.8. The number of halogens is 1. The summed E-state index contributed by atoms with van der Waals surface area (Å²) >= 11 is 0. The quantitative estimate of drug-likeness (QED) is 0.241. The molecule has 1 aromatic heterocycles. The van der Waals surface area contributed by atoms with Crippen LogP contribution in [-0.2, 0) is 11.3 Å². The Morgan fingerprint density at radius 2 is 1.77 bits per heavy atom. The summed E-state index contributed by atoms with van der Waals surface area (Å²) in [6.45, 7) is 3.79. The van der Waals surface area contributed by atoms with Crippen LogP contribution < -0.4 is 4.74 Å². The molecule has 0 aliphatic rings. The van der Waals surface area contributed by atoms with Gasteiger partial charge in [-0.05, 0) is 55.8 Å². The van der Waals surface area contributed by atoms with E-state index < -0.39 is 10.9 Å². The summed E-state index contributed by atoms with van der Waals surface area (Å²) in [5, 5.41) is 15.3. The van der Waals surface area contributed by atoms with Gasteiger partial charge in [-0.15, -0.1) is 0 Å². The lowest BCUT2D eigenvalue weighted by atomic mass is 10.1. The molecule has 3 aromatic rings. The highest BCUT2D eigenvalue weighted by Gasteiger charge is 2.21. The third kappa shape index (κ3) is 4.99. The average Bonchev–Trinajstić information content (AvgIpc) is 3.00. The molecule has 0 saturated carbocycles. The van der Waals surface area contributed by atoms with Gasteiger partial charge >= 0.3 is 11.7 Å². The number of aryl methyl sites for hydroxylation is 1. The second-order valence-electron chi connectivity index (χ2n) is 6.57. The Kier molecular flexibility index (Phi) is 6.41. The van der Waals surface area contributed by atoms with Crippen molar-refractivity contribution in [2.45, 2.75) is 20.4 Å². The van der Waals surface area contributed by atoms with Crippen molar-refractivity contribution in [1.29, 1.82) is 0 Å². The van der Waals surface area contributed by atoms with E-state index in [1.807, 2.05) is 0 Å². The predicted octanol–water partition coefficient (Wildman–Crippen LogP) is 3.83. The van der Waals surface area contributed by atoms with E-state index >= 15 is 0 Å². The van der Waals surface area contributed by atoms with Crippen LogP contribution in [-0.4, -0.2) is 33.9 Å². The summed E-state index contributed by atoms with van der Waals surface area (Å²) in [5.74, 6) is -0.361. The number of hydrogen-bond donors (Lipinski definition) is 0. The largest absolute Gasteiger partial charge is 0.490 e. The van der Waals surface area contributed by atoms with Gasteiger partial charge in [0.2, 0.25) is 0 Å². The maximum Gasteiger partial charge on any atom is 0.338 e. The number of carbonyl (C=O) groups excluding carboxylic acids is 1. The van der Waals surface area contributed by atoms with Crippen molar-refractivity contribution in [2.75, 3.05) is 13.2 Å². The minimum Gasteiger partial charge on any atom is -0.490 e. The van der Waals surface area contributed by atoms with Gasteiger partial charge < -0.3 is 9.47 Å². The van der Waals surface area contributed by atoms with Gasteiger partial charge in [-0.3, -0.25) is 14.8 Å². The first-order chi connectivity index (χ1) is 14.3. The third-order valence-electron chi connectivity index (χ3n) is 4.45. The first-order valence-corrected chi connectivity index (χ1v) is 9.18. The van der Waals surface area contributed by atoms with Crippen molar-refractivity contribution in [2.24, 2.45) is 0 Å². The molecule has 156 valence electrons. The first-order valence-electron chi connectivity index (χ1n) is 9.18. The zero-order valence-corrected chi connectivity index (χ0v) is 16.5. The molecule has 0 radical (unpaired) electrons. The van der Waals surface area contributed by atoms with Crippen LogP contribution in [0.1, 0.15) is 27.3 Å². The molecular formula is C21H20FN3O5. The topological polar surface area (TPSA) is 96.5 Å². The maximum atomic E-state index is 12.8. The number of benzene rings is 2. The van der Waals surface area contributed by atoms with Crippen molar-refractivity contribution in [3.63, 3.8) is 0 Å². The van der Waals surface area contributed by atoms with Crippen LogP contribution in [0.4, 0.5) is 10.1 Å². The number of esters is 1. The molecule has 0 aliphatic carbocycles. The van der Waals surface area contributed by atoms with Crippen molar-refractivity contribution < 1.29 is 23.6 Å². The van der Waals surface area contributed by atoms with E-state index in [0.717, 1.165) is 5.56 Å². The number of ether oxygens (including phenoxy) is 2. The lowest BCUT2D eigenvalue weighted by Crippen LogP contribution is -2.12. The van der Waals surface area contributed by atoms with E-state index in [4.69, 9.17) is 9.47 Å². The molecule has 0 aliphatic heterocycles. The lowest BCUT2D eigenvalue weighted by Gasteiger charge is -2.08. The standard InChI is InChI=1S/C21H20FN3O5/c1-14-20(25(27)28)15(2)24(23-14)13-16-3-5-17(6-4-16)21(26)30-12-11-29-19-9-7-18(22)8-10-19/h3-10H,11-13H2,1-2H3. The summed E-state index contributed by atoms with van der Waals surface area (Å²) in [7, 11) is 0. The highest BCUT2D eigenvalue weighted by molar-refractivity contribution is 5.89. The van der Waals surface area contributed by atoms with Crippen LogP contribution in [0.3, 0.4) is 0 Å². The Balaban J connectivity index is 1.52. The van der Waals surface area contributed by atoms with Crippen LogP contribution in [0.15, 0.2) is 48.5 Å². The van der Waals surface area contributed by atoms with Crippen LogP contribution >= 0.6 is 0 Å². The zero-order chi connectivity index (χ0) is 21.7. The van der Waals surface area contributed by atoms with Crippen molar-refractivity contribution in [3.05, 3.63) is 87.0 Å². The van der Waals surface area contributed by atoms with Crippen LogP contribution in [0.5, 0.6) is 5.75 Å². The van der Waals surface area contributed by atoms with Gasteiger partial charge in [0.1, 0.15) is 36.2 Å². The molecule has 0 bridgehead atoms. The van der Waals surface area contributed by atoms with Crippen molar-refractivity contribution in [3.8, 4) is 5.75 Å². The summed E-state index contributed by atoms with van der Waals surface area (Å²) in [6.07, 6.45) is 0. The number of aromatic nitrogens is 2. The Hall–Kier alpha value is -3.75. The summed E-state index contributed by atoms with van der Waals surface area (Å²) in [4.78, 5) is 22.8. The number of nitro groups is 1. The van der Waals surface area contributed by atoms with E-state index in [1.165, 1.54) is 24.3 Å². The SMILES string of the molecule is Cc1nn(Cc2ccc(C(=O)OCCOc3ccc(F)cc3)cc2)c(C)c1[N+](=O)[O-]. The Labute approximate surface area is 172 Å². The van der Waals surface area contributed by atoms with Gasteiger partial charge in [0.05, 0.1) is 17.0 Å². The van der Waals surface area contributed by atoms with Crippen molar-refractivity contribution >= 4 is 11.7 Å². The summed E-state index contributed by atoms with van der Waals surface area (Å²) < 4.78 is 24.9. The van der Waals surface area contributed by atoms with Gasteiger partial charge in [-0.2, -0.15) is 5.10 Å². The molecule has 30 heavy (non-hydrogen) atoms. The molecule has 0 amide bonds. The van der Waals surface area contributed by atoms with E-state index in [0.29, 0.717) is 29.2 Å². The number of nitrogens with zero attached hydrogens (tertiary/aromatic N) is 3. The average molecular weight is 413 g/mol. The second-order valence-corrected chi connectivity index (χ2v) is 6.57. The van der Waals surface area contributed by atoms with Gasteiger partial charge in [-0.1, -0.05) is 12.1 Å². The molecule has 1 heterocycles. The van der Waals surface area contributed by atoms with Crippen LogP contribution in [0.25, 0.3) is 0 Å². The summed E-state index contributed by atoms with van der Waals surface area (Å²) in [6, 6.07) is 12.3. The molecule has 0 saturated heterocycles. The molecule has 9 heteroatoms. The highest BCUT2D eigenvalue weighted by atomic mass is 19.1. The van der Waals surface area contributed by atoms with Gasteiger partial charge in [0.25, 0.3) is 0 Å². The minimum atomic E-state index is -0.494. The summed E-state index contributed by atoms with van der Waals surface area (Å²) in [5.41, 5.74) is 2.06. The van der Waals surface area contributed by atoms with Gasteiger partial charge in [0, 0.05) is 0 Å². The van der Waals surface area contributed by atoms with Crippen LogP contribution in [0, 0.1) is 29.8 Å². The fraction of sp³-hybridized carbons (Fsp3) is 0.238. The van der Waals surface area contributed by atoms with E-state index in [1.54, 1.807) is 42.8 Å². The molecule has 0 atom stereocenters. The molecule has 8 nitrogen and oxygen atoms in total. The Morgan fingerprint density at radius 3 is 2.37 bits per heavy atom.